The van der Waals surface area contributed by atoms with Gasteiger partial charge in [0.15, 0.2) is 5.69 Å². The quantitative estimate of drug-likeness (QED) is 0.515. The van der Waals surface area contributed by atoms with Crippen molar-refractivity contribution in [2.75, 3.05) is 30.8 Å². The van der Waals surface area contributed by atoms with Crippen LogP contribution in [0.25, 0.3) is 0 Å². The van der Waals surface area contributed by atoms with Crippen molar-refractivity contribution in [3.63, 3.8) is 0 Å². The van der Waals surface area contributed by atoms with Gasteiger partial charge in [0, 0.05) is 13.1 Å². The van der Waals surface area contributed by atoms with Crippen LogP contribution >= 0.6 is 11.3 Å². The van der Waals surface area contributed by atoms with E-state index in [-0.39, 0.29) is 36.4 Å². The highest BCUT2D eigenvalue weighted by atomic mass is 32.1. The minimum absolute atomic E-state index is 0.0166. The van der Waals surface area contributed by atoms with E-state index in [1.165, 1.54) is 9.47 Å². The number of rotatable bonds is 9. The van der Waals surface area contributed by atoms with Crippen LogP contribution in [0.2, 0.25) is 0 Å². The second kappa shape index (κ2) is 10.4. The number of nitrogens with one attached hydrogen (secondary N) is 1. The maximum atomic E-state index is 13.3. The number of aromatic nitrogens is 2. The van der Waals surface area contributed by atoms with Crippen molar-refractivity contribution in [3.8, 4) is 0 Å². The van der Waals surface area contributed by atoms with Gasteiger partial charge >= 0.3 is 5.69 Å². The summed E-state index contributed by atoms with van der Waals surface area (Å²) in [5, 5.41) is 4.03. The number of nitrogens with zero attached hydrogens (tertiary/aromatic N) is 3. The predicted molar refractivity (Wildman–Crippen MR) is 129 cm³/mol. The molecular formula is C23H29N5O3S. The van der Waals surface area contributed by atoms with E-state index >= 15 is 0 Å². The minimum atomic E-state index is -0.661. The molecule has 0 saturated carbocycles. The molecule has 0 aliphatic carbocycles. The monoisotopic (exact) mass is 455 g/mol. The highest BCUT2D eigenvalue weighted by Gasteiger charge is 2.26. The fraction of sp³-hybridized carbons (Fsp3) is 0.348. The predicted octanol–water partition coefficient (Wildman–Crippen LogP) is 2.35. The summed E-state index contributed by atoms with van der Waals surface area (Å²) in [5.41, 5.74) is 7.05. The lowest BCUT2D eigenvalue weighted by molar-refractivity contribution is -0.119. The van der Waals surface area contributed by atoms with Gasteiger partial charge in [-0.2, -0.15) is 11.3 Å². The second-order valence-electron chi connectivity index (χ2n) is 8.27. The number of anilines is 2. The molecule has 0 spiro atoms. The fourth-order valence-corrected chi connectivity index (χ4v) is 4.17. The number of aromatic amines is 1. The van der Waals surface area contributed by atoms with Crippen LogP contribution in [0, 0.1) is 5.92 Å². The third kappa shape index (κ3) is 5.74. The Morgan fingerprint density at radius 2 is 1.88 bits per heavy atom. The Bertz CT molecular complexity index is 1150. The largest absolute Gasteiger partial charge is 0.383 e. The minimum Gasteiger partial charge on any atom is -0.383 e. The van der Waals surface area contributed by atoms with E-state index in [1.807, 2.05) is 73.0 Å². The normalized spacial score (nSPS) is 11.3. The summed E-state index contributed by atoms with van der Waals surface area (Å²) >= 11 is 1.60. The molecule has 0 unspecified atom stereocenters. The molecule has 0 radical (unpaired) electrons. The summed E-state index contributed by atoms with van der Waals surface area (Å²) in [7, 11) is 1.85. The maximum Gasteiger partial charge on any atom is 0.330 e. The zero-order valence-corrected chi connectivity index (χ0v) is 19.4. The van der Waals surface area contributed by atoms with Gasteiger partial charge in [0.25, 0.3) is 5.56 Å². The number of amides is 1. The van der Waals surface area contributed by atoms with Gasteiger partial charge in [-0.15, -0.1) is 0 Å². The molecule has 3 N–H and O–H groups in total. The zero-order chi connectivity index (χ0) is 23.3. The van der Waals surface area contributed by atoms with Crippen molar-refractivity contribution >= 4 is 28.7 Å². The Labute approximate surface area is 190 Å². The first-order valence-corrected chi connectivity index (χ1v) is 11.4. The molecule has 2 aromatic heterocycles. The lowest BCUT2D eigenvalue weighted by Gasteiger charge is -2.28. The van der Waals surface area contributed by atoms with Gasteiger partial charge in [-0.05, 0) is 40.9 Å². The van der Waals surface area contributed by atoms with Gasteiger partial charge in [-0.1, -0.05) is 44.2 Å². The van der Waals surface area contributed by atoms with Gasteiger partial charge in [-0.25, -0.2) is 4.79 Å². The molecule has 0 aliphatic rings. The Morgan fingerprint density at radius 1 is 1.16 bits per heavy atom. The molecule has 2 heterocycles. The number of hydrogen-bond acceptors (Lipinski definition) is 6. The molecule has 1 aromatic carbocycles. The number of hydrogen-bond donors (Lipinski definition) is 2. The molecule has 0 saturated heterocycles. The lowest BCUT2D eigenvalue weighted by atomic mass is 10.2. The van der Waals surface area contributed by atoms with Gasteiger partial charge in [-0.3, -0.25) is 24.0 Å². The van der Waals surface area contributed by atoms with Crippen LogP contribution in [0.15, 0.2) is 56.7 Å². The molecule has 3 aromatic rings. The molecule has 32 heavy (non-hydrogen) atoms. The van der Waals surface area contributed by atoms with Crippen LogP contribution in [0.3, 0.4) is 0 Å². The van der Waals surface area contributed by atoms with Crippen molar-refractivity contribution in [2.45, 2.75) is 26.9 Å². The van der Waals surface area contributed by atoms with Crippen molar-refractivity contribution in [3.05, 3.63) is 79.1 Å². The molecule has 1 amide bonds. The summed E-state index contributed by atoms with van der Waals surface area (Å²) < 4.78 is 1.29. The van der Waals surface area contributed by atoms with E-state index in [1.54, 1.807) is 11.3 Å². The SMILES string of the molecule is CC(C)CN(C(=O)CN(C)Cc1ccsc1)c1c(N)n(Cc2ccccc2)c(=O)[nH]c1=O. The Hall–Kier alpha value is -3.17. The smallest absolute Gasteiger partial charge is 0.330 e. The summed E-state index contributed by atoms with van der Waals surface area (Å²) in [6.07, 6.45) is 0. The van der Waals surface area contributed by atoms with Crippen molar-refractivity contribution in [1.82, 2.24) is 14.5 Å². The summed E-state index contributed by atoms with van der Waals surface area (Å²) in [6.45, 7) is 5.14. The topological polar surface area (TPSA) is 104 Å². The number of H-pyrrole nitrogens is 1. The molecule has 0 bridgehead atoms. The van der Waals surface area contributed by atoms with E-state index < -0.39 is 11.2 Å². The molecule has 0 atom stereocenters. The molecule has 9 heteroatoms. The lowest BCUT2D eigenvalue weighted by Crippen LogP contribution is -2.46. The Balaban J connectivity index is 1.94. The highest BCUT2D eigenvalue weighted by molar-refractivity contribution is 7.07. The number of carbonyl (C=O) groups is 1. The molecule has 3 rings (SSSR count). The van der Waals surface area contributed by atoms with Crippen LogP contribution in [0.4, 0.5) is 11.5 Å². The van der Waals surface area contributed by atoms with Crippen LogP contribution in [-0.2, 0) is 17.9 Å². The van der Waals surface area contributed by atoms with E-state index in [0.717, 1.165) is 11.1 Å². The van der Waals surface area contributed by atoms with Gasteiger partial charge in [0.2, 0.25) is 5.91 Å². The molecule has 170 valence electrons. The van der Waals surface area contributed by atoms with Crippen molar-refractivity contribution in [2.24, 2.45) is 5.92 Å². The van der Waals surface area contributed by atoms with E-state index in [2.05, 4.69) is 4.98 Å². The second-order valence-corrected chi connectivity index (χ2v) is 9.05. The number of nitrogen functional groups attached to an aromatic ring is 1. The summed E-state index contributed by atoms with van der Waals surface area (Å²) in [4.78, 5) is 44.2. The van der Waals surface area contributed by atoms with Crippen molar-refractivity contribution in [1.29, 1.82) is 0 Å². The number of benzene rings is 1. The summed E-state index contributed by atoms with van der Waals surface area (Å²) in [6, 6.07) is 11.4. The number of carbonyl (C=O) groups excluding carboxylic acids is 1. The van der Waals surface area contributed by atoms with Crippen LogP contribution in [-0.4, -0.2) is 40.5 Å². The number of nitrogens with two attached hydrogens (primary N) is 1. The van der Waals surface area contributed by atoms with E-state index in [9.17, 15) is 14.4 Å². The van der Waals surface area contributed by atoms with E-state index in [0.29, 0.717) is 13.1 Å². The number of likely N-dealkylation sites (N-methyl/N-ethyl adjacent to an activating group) is 1. The van der Waals surface area contributed by atoms with E-state index in [4.69, 9.17) is 5.73 Å². The number of thiophene rings is 1. The summed E-state index contributed by atoms with van der Waals surface area (Å²) in [5.74, 6) is -0.176. The first-order valence-electron chi connectivity index (χ1n) is 10.4. The van der Waals surface area contributed by atoms with Crippen LogP contribution in [0.1, 0.15) is 25.0 Å². The standard InChI is InChI=1S/C23H29N5O3S/c1-16(2)11-27(19(29)14-26(3)12-18-9-10-32-15-18)20-21(24)28(23(31)25-22(20)30)13-17-7-5-4-6-8-17/h4-10,15-16H,11-14,24H2,1-3H3,(H,25,30,31). The van der Waals surface area contributed by atoms with Crippen LogP contribution in [0.5, 0.6) is 0 Å². The maximum absolute atomic E-state index is 13.3. The fourth-order valence-electron chi connectivity index (χ4n) is 3.51. The van der Waals surface area contributed by atoms with Crippen LogP contribution < -0.4 is 21.9 Å². The first kappa shape index (κ1) is 23.5. The first-order chi connectivity index (χ1) is 15.3. The molecular weight excluding hydrogens is 426 g/mol. The Kier molecular flexibility index (Phi) is 7.66. The Morgan fingerprint density at radius 3 is 2.50 bits per heavy atom. The molecule has 0 fully saturated rings. The highest BCUT2D eigenvalue weighted by Crippen LogP contribution is 2.20. The van der Waals surface area contributed by atoms with Gasteiger partial charge in [0.1, 0.15) is 5.82 Å². The van der Waals surface area contributed by atoms with Crippen molar-refractivity contribution < 1.29 is 4.79 Å². The molecule has 0 aliphatic heterocycles. The van der Waals surface area contributed by atoms with Gasteiger partial charge < -0.3 is 10.6 Å². The average molecular weight is 456 g/mol. The third-order valence-corrected chi connectivity index (χ3v) is 5.69. The zero-order valence-electron chi connectivity index (χ0n) is 18.6. The van der Waals surface area contributed by atoms with Gasteiger partial charge in [0.05, 0.1) is 13.1 Å². The molecule has 8 nitrogen and oxygen atoms in total. The average Bonchev–Trinajstić information content (AvgIpc) is 3.23. The third-order valence-electron chi connectivity index (χ3n) is 4.95.